The molecule has 1 atom stereocenters. The van der Waals surface area contributed by atoms with Crippen LogP contribution < -0.4 is 9.47 Å². The van der Waals surface area contributed by atoms with Gasteiger partial charge in [-0.1, -0.05) is 31.2 Å². The van der Waals surface area contributed by atoms with Crippen molar-refractivity contribution in [1.29, 1.82) is 0 Å². The van der Waals surface area contributed by atoms with Crippen molar-refractivity contribution >= 4 is 17.8 Å². The lowest BCUT2D eigenvalue weighted by molar-refractivity contribution is -0.150. The third-order valence-corrected chi connectivity index (χ3v) is 4.26. The minimum Gasteiger partial charge on any atom is -0.479 e. The molecule has 0 spiro atoms. The van der Waals surface area contributed by atoms with Gasteiger partial charge in [-0.2, -0.15) is 0 Å². The predicted octanol–water partition coefficient (Wildman–Crippen LogP) is 4.20. The molecule has 0 saturated carbocycles. The van der Waals surface area contributed by atoms with E-state index < -0.39 is 12.1 Å². The number of esters is 1. The van der Waals surface area contributed by atoms with Crippen LogP contribution in [0.2, 0.25) is 0 Å². The molecule has 0 radical (unpaired) electrons. The number of hydrogen-bond acceptors (Lipinski definition) is 5. The maximum atomic E-state index is 12.5. The van der Waals surface area contributed by atoms with Crippen LogP contribution in [-0.4, -0.2) is 24.5 Å². The first-order valence-electron chi connectivity index (χ1n) is 9.02. The molecule has 5 heteroatoms. The van der Waals surface area contributed by atoms with E-state index in [1.807, 2.05) is 24.3 Å². The highest BCUT2D eigenvalue weighted by atomic mass is 16.6. The van der Waals surface area contributed by atoms with E-state index in [2.05, 4.69) is 6.92 Å². The highest BCUT2D eigenvalue weighted by Gasteiger charge is 2.28. The molecule has 2 aromatic carbocycles. The molecule has 1 aliphatic rings. The lowest BCUT2D eigenvalue weighted by atomic mass is 10.1. The smallest absolute Gasteiger partial charge is 0.347 e. The summed E-state index contributed by atoms with van der Waals surface area (Å²) in [5.41, 5.74) is 2.61. The Hall–Kier alpha value is -3.08. The number of carbonyl (C=O) groups excluding carboxylic acids is 2. The van der Waals surface area contributed by atoms with Gasteiger partial charge in [0.2, 0.25) is 5.78 Å². The maximum Gasteiger partial charge on any atom is 0.347 e. The highest BCUT2D eigenvalue weighted by molar-refractivity contribution is 6.14. The van der Waals surface area contributed by atoms with Crippen LogP contribution in [0.5, 0.6) is 11.5 Å². The van der Waals surface area contributed by atoms with E-state index in [1.165, 1.54) is 5.56 Å². The number of allylic oxidation sites excluding steroid dienone is 1. The van der Waals surface area contributed by atoms with Gasteiger partial charge in [-0.05, 0) is 49.6 Å². The number of ketones is 1. The summed E-state index contributed by atoms with van der Waals surface area (Å²) in [5, 5.41) is 0. The zero-order valence-corrected chi connectivity index (χ0v) is 15.7. The Labute approximate surface area is 158 Å². The van der Waals surface area contributed by atoms with Gasteiger partial charge in [-0.3, -0.25) is 4.79 Å². The van der Waals surface area contributed by atoms with Gasteiger partial charge < -0.3 is 14.2 Å². The fourth-order valence-electron chi connectivity index (χ4n) is 2.75. The summed E-state index contributed by atoms with van der Waals surface area (Å²) in [6.45, 7) is 5.74. The zero-order chi connectivity index (χ0) is 19.4. The van der Waals surface area contributed by atoms with Gasteiger partial charge in [0.15, 0.2) is 11.9 Å². The van der Waals surface area contributed by atoms with Crippen LogP contribution in [0.1, 0.15) is 42.3 Å². The zero-order valence-electron chi connectivity index (χ0n) is 15.7. The molecule has 0 unspecified atom stereocenters. The molecule has 0 amide bonds. The van der Waals surface area contributed by atoms with E-state index in [0.717, 1.165) is 12.0 Å². The monoisotopic (exact) mass is 366 g/mol. The van der Waals surface area contributed by atoms with Crippen molar-refractivity contribution in [2.24, 2.45) is 0 Å². The summed E-state index contributed by atoms with van der Waals surface area (Å²) >= 11 is 0. The van der Waals surface area contributed by atoms with Crippen molar-refractivity contribution in [3.63, 3.8) is 0 Å². The Bertz CT molecular complexity index is 880. The average Bonchev–Trinajstić information content (AvgIpc) is 2.97. The lowest BCUT2D eigenvalue weighted by Crippen LogP contribution is -2.26. The molecule has 0 saturated heterocycles. The molecule has 140 valence electrons. The Morgan fingerprint density at radius 1 is 1.15 bits per heavy atom. The molecule has 3 rings (SSSR count). The lowest BCUT2D eigenvalue weighted by Gasteiger charge is -2.13. The largest absolute Gasteiger partial charge is 0.479 e. The van der Waals surface area contributed by atoms with Crippen molar-refractivity contribution in [1.82, 2.24) is 0 Å². The Morgan fingerprint density at radius 2 is 1.89 bits per heavy atom. The van der Waals surface area contributed by atoms with E-state index in [-0.39, 0.29) is 11.5 Å². The van der Waals surface area contributed by atoms with Crippen LogP contribution in [0.15, 0.2) is 48.2 Å². The molecule has 0 fully saturated rings. The molecule has 2 aromatic rings. The van der Waals surface area contributed by atoms with Crippen LogP contribution in [-0.2, 0) is 16.0 Å². The Balaban J connectivity index is 1.76. The van der Waals surface area contributed by atoms with Gasteiger partial charge in [-0.25, -0.2) is 4.79 Å². The molecule has 27 heavy (non-hydrogen) atoms. The second-order valence-electron chi connectivity index (χ2n) is 6.21. The van der Waals surface area contributed by atoms with Gasteiger partial charge in [0.25, 0.3) is 0 Å². The molecule has 0 aromatic heterocycles. The van der Waals surface area contributed by atoms with Crippen molar-refractivity contribution < 1.29 is 23.8 Å². The standard InChI is InChI=1S/C22H22O5/c1-4-15-6-8-16(9-7-15)12-20-21(23)18-11-10-17(13-19(18)27-20)26-14(3)22(24)25-5-2/h6-14H,4-5H2,1-3H3/t14-/m0/s1. The van der Waals surface area contributed by atoms with Gasteiger partial charge in [0.05, 0.1) is 12.2 Å². The van der Waals surface area contributed by atoms with Crippen molar-refractivity contribution in [3.8, 4) is 11.5 Å². The van der Waals surface area contributed by atoms with E-state index >= 15 is 0 Å². The summed E-state index contributed by atoms with van der Waals surface area (Å²) in [6.07, 6.45) is 1.95. The molecule has 1 aliphatic heterocycles. The van der Waals surface area contributed by atoms with Gasteiger partial charge in [0, 0.05) is 6.07 Å². The number of hydrogen-bond donors (Lipinski definition) is 0. The highest BCUT2D eigenvalue weighted by Crippen LogP contribution is 2.35. The van der Waals surface area contributed by atoms with Crippen LogP contribution in [0.4, 0.5) is 0 Å². The van der Waals surface area contributed by atoms with Crippen LogP contribution in [0.25, 0.3) is 6.08 Å². The normalized spacial score (nSPS) is 15.2. The summed E-state index contributed by atoms with van der Waals surface area (Å²) in [5.74, 6) is 0.520. The minimum atomic E-state index is -0.743. The average molecular weight is 366 g/mol. The summed E-state index contributed by atoms with van der Waals surface area (Å²) in [6, 6.07) is 12.9. The van der Waals surface area contributed by atoms with Gasteiger partial charge in [-0.15, -0.1) is 0 Å². The Kier molecular flexibility index (Phi) is 5.60. The van der Waals surface area contributed by atoms with Crippen LogP contribution in [0, 0.1) is 0 Å². The fourth-order valence-corrected chi connectivity index (χ4v) is 2.75. The maximum absolute atomic E-state index is 12.5. The van der Waals surface area contributed by atoms with Crippen LogP contribution >= 0.6 is 0 Å². The summed E-state index contributed by atoms with van der Waals surface area (Å²) in [7, 11) is 0. The first kappa shape index (κ1) is 18.7. The molecule has 1 heterocycles. The third kappa shape index (κ3) is 4.19. The van der Waals surface area contributed by atoms with Gasteiger partial charge >= 0.3 is 5.97 Å². The molecular formula is C22H22O5. The van der Waals surface area contributed by atoms with Crippen molar-refractivity contribution in [2.45, 2.75) is 33.3 Å². The minimum absolute atomic E-state index is 0.172. The van der Waals surface area contributed by atoms with Crippen LogP contribution in [0.3, 0.4) is 0 Å². The van der Waals surface area contributed by atoms with E-state index in [9.17, 15) is 9.59 Å². The second kappa shape index (κ2) is 8.08. The first-order valence-corrected chi connectivity index (χ1v) is 9.02. The van der Waals surface area contributed by atoms with E-state index in [0.29, 0.717) is 23.7 Å². The van der Waals surface area contributed by atoms with E-state index in [4.69, 9.17) is 14.2 Å². The van der Waals surface area contributed by atoms with Crippen molar-refractivity contribution in [2.75, 3.05) is 6.61 Å². The first-order chi connectivity index (χ1) is 13.0. The number of ether oxygens (including phenoxy) is 3. The number of Topliss-reactive ketones (excluding diaryl/α,β-unsaturated/α-hetero) is 1. The topological polar surface area (TPSA) is 61.8 Å². The SMILES string of the molecule is CCOC(=O)[C@H](C)Oc1ccc2c(c1)OC(=Cc1ccc(CC)cc1)C2=O. The van der Waals surface area contributed by atoms with Gasteiger partial charge in [0.1, 0.15) is 11.5 Å². The predicted molar refractivity (Wildman–Crippen MR) is 102 cm³/mol. The number of benzene rings is 2. The summed E-state index contributed by atoms with van der Waals surface area (Å²) in [4.78, 5) is 24.2. The van der Waals surface area contributed by atoms with Crippen molar-refractivity contribution in [3.05, 3.63) is 64.9 Å². The number of carbonyl (C=O) groups is 2. The molecule has 0 bridgehead atoms. The second-order valence-corrected chi connectivity index (χ2v) is 6.21. The Morgan fingerprint density at radius 3 is 2.56 bits per heavy atom. The summed E-state index contributed by atoms with van der Waals surface area (Å²) < 4.78 is 16.2. The number of rotatable bonds is 6. The molecule has 5 nitrogen and oxygen atoms in total. The van der Waals surface area contributed by atoms with E-state index in [1.54, 1.807) is 38.1 Å². The number of fused-ring (bicyclic) bond motifs is 1. The number of aryl methyl sites for hydroxylation is 1. The molecular weight excluding hydrogens is 344 g/mol. The molecule has 0 N–H and O–H groups in total. The third-order valence-electron chi connectivity index (χ3n) is 4.26. The quantitative estimate of drug-likeness (QED) is 0.566. The molecule has 0 aliphatic carbocycles. The fraction of sp³-hybridized carbons (Fsp3) is 0.273.